The molecule has 64 heavy (non-hydrogen) atoms. The minimum atomic E-state index is 0.264. The quantitative estimate of drug-likeness (QED) is 0.152. The minimum absolute atomic E-state index is 0.264. The Bertz CT molecular complexity index is 3030. The fourth-order valence-corrected chi connectivity index (χ4v) is 9.10. The Morgan fingerprint density at radius 3 is 1.39 bits per heavy atom. The van der Waals surface area contributed by atoms with E-state index in [1.165, 1.54) is 11.4 Å². The number of anilines is 4. The molecule has 0 bridgehead atoms. The van der Waals surface area contributed by atoms with Gasteiger partial charge in [-0.1, -0.05) is 146 Å². The van der Waals surface area contributed by atoms with Gasteiger partial charge in [0.2, 0.25) is 0 Å². The zero-order valence-corrected chi connectivity index (χ0v) is 35.4. The molecule has 0 aromatic heterocycles. The van der Waals surface area contributed by atoms with Crippen molar-refractivity contribution in [2.75, 3.05) is 9.80 Å². The van der Waals surface area contributed by atoms with Gasteiger partial charge in [-0.3, -0.25) is 0 Å². The summed E-state index contributed by atoms with van der Waals surface area (Å²) in [5, 5.41) is 0. The first kappa shape index (κ1) is 38.8. The molecule has 0 radical (unpaired) electrons. The predicted molar refractivity (Wildman–Crippen MR) is 265 cm³/mol. The van der Waals surface area contributed by atoms with Crippen LogP contribution in [0.25, 0.3) is 44.5 Å². The lowest BCUT2D eigenvalue weighted by Gasteiger charge is -2.34. The normalized spacial score (nSPS) is 14.7. The molecule has 8 aromatic carbocycles. The molecule has 0 fully saturated rings. The second-order valence-electron chi connectivity index (χ2n) is 16.3. The van der Waals surface area contributed by atoms with Gasteiger partial charge in [0.1, 0.15) is 23.0 Å². The molecule has 4 nitrogen and oxygen atoms in total. The molecule has 1 unspecified atom stereocenters. The Morgan fingerprint density at radius 1 is 0.391 bits per heavy atom. The van der Waals surface area contributed by atoms with Crippen molar-refractivity contribution in [3.05, 3.63) is 242 Å². The summed E-state index contributed by atoms with van der Waals surface area (Å²) in [6, 6.07) is 68.5. The van der Waals surface area contributed by atoms with Gasteiger partial charge in [0, 0.05) is 50.7 Å². The van der Waals surface area contributed by atoms with Crippen LogP contribution in [0.15, 0.2) is 242 Å². The number of hydrogen-bond donors (Lipinski definition) is 0. The first-order chi connectivity index (χ1) is 31.7. The maximum absolute atomic E-state index is 7.04. The molecule has 0 N–H and O–H groups in total. The van der Waals surface area contributed by atoms with Gasteiger partial charge < -0.3 is 19.3 Å². The smallest absolute Gasteiger partial charge is 0.136 e. The van der Waals surface area contributed by atoms with Gasteiger partial charge in [0.15, 0.2) is 0 Å². The van der Waals surface area contributed by atoms with Crippen LogP contribution in [-0.2, 0) is 0 Å². The summed E-state index contributed by atoms with van der Waals surface area (Å²) in [5.74, 6) is 3.05. The lowest BCUT2D eigenvalue weighted by atomic mass is 9.95. The molecular formula is C60H46N2O2. The van der Waals surface area contributed by atoms with Gasteiger partial charge in [-0.25, -0.2) is 0 Å². The van der Waals surface area contributed by atoms with E-state index in [1.807, 2.05) is 24.3 Å². The van der Waals surface area contributed by atoms with E-state index in [0.717, 1.165) is 104 Å². The highest BCUT2D eigenvalue weighted by atomic mass is 16.5. The van der Waals surface area contributed by atoms with E-state index in [4.69, 9.17) is 9.47 Å². The van der Waals surface area contributed by atoms with E-state index in [-0.39, 0.29) is 6.04 Å². The van der Waals surface area contributed by atoms with E-state index in [2.05, 4.69) is 222 Å². The van der Waals surface area contributed by atoms with Crippen LogP contribution < -0.4 is 19.3 Å². The summed E-state index contributed by atoms with van der Waals surface area (Å²) >= 11 is 0. The van der Waals surface area contributed by atoms with E-state index in [1.54, 1.807) is 0 Å². The zero-order valence-electron chi connectivity index (χ0n) is 35.4. The van der Waals surface area contributed by atoms with Gasteiger partial charge in [-0.05, 0) is 133 Å². The van der Waals surface area contributed by atoms with E-state index < -0.39 is 0 Å². The molecule has 0 spiro atoms. The summed E-state index contributed by atoms with van der Waals surface area (Å²) in [4.78, 5) is 4.75. The molecule has 308 valence electrons. The van der Waals surface area contributed by atoms with E-state index >= 15 is 0 Å². The molecule has 11 rings (SSSR count). The third kappa shape index (κ3) is 7.71. The number of para-hydroxylation sites is 4. The first-order valence-corrected chi connectivity index (χ1v) is 22.2. The highest BCUT2D eigenvalue weighted by Gasteiger charge is 2.23. The first-order valence-electron chi connectivity index (χ1n) is 22.2. The topological polar surface area (TPSA) is 24.9 Å². The molecule has 1 aliphatic heterocycles. The van der Waals surface area contributed by atoms with E-state index in [9.17, 15) is 0 Å². The molecule has 0 saturated carbocycles. The number of ether oxygens (including phenoxy) is 2. The average molecular weight is 827 g/mol. The van der Waals surface area contributed by atoms with E-state index in [0.29, 0.717) is 0 Å². The number of hydrogen-bond acceptors (Lipinski definition) is 4. The maximum Gasteiger partial charge on any atom is 0.136 e. The van der Waals surface area contributed by atoms with Crippen molar-refractivity contribution in [3.63, 3.8) is 0 Å². The van der Waals surface area contributed by atoms with Crippen molar-refractivity contribution in [1.82, 2.24) is 0 Å². The van der Waals surface area contributed by atoms with Crippen LogP contribution in [0, 0.1) is 0 Å². The summed E-state index contributed by atoms with van der Waals surface area (Å²) in [5.41, 5.74) is 13.9. The second-order valence-corrected chi connectivity index (χ2v) is 16.3. The van der Waals surface area contributed by atoms with Crippen molar-refractivity contribution in [3.8, 4) is 67.5 Å². The lowest BCUT2D eigenvalue weighted by molar-refractivity contribution is 0.472. The Labute approximate surface area is 375 Å². The SMILES string of the molecule is C1=CCC(N(C2=CCCC=C2)c2ccc(-c3ccc4c(c3)Oc3ccccc3-c3ccccc3Oc3cc(-c5ccc(N(c6ccccc6)c6ccccc6)cc5)ccc3-4)cc2)C=C1. The van der Waals surface area contributed by atoms with Crippen molar-refractivity contribution >= 4 is 22.7 Å². The van der Waals surface area contributed by atoms with Gasteiger partial charge in [0.05, 0.1) is 6.04 Å². The second kappa shape index (κ2) is 17.4. The summed E-state index contributed by atoms with van der Waals surface area (Å²) in [7, 11) is 0. The Balaban J connectivity index is 0.981. The molecule has 8 aromatic rings. The molecule has 4 heteroatoms. The van der Waals surface area contributed by atoms with Gasteiger partial charge >= 0.3 is 0 Å². The third-order valence-electron chi connectivity index (χ3n) is 12.3. The molecular weight excluding hydrogens is 781 g/mol. The summed E-state index contributed by atoms with van der Waals surface area (Å²) in [6.45, 7) is 0. The maximum atomic E-state index is 7.04. The standard InChI is InChI=1S/C60H46N2O2/c1-5-17-47(18-6-1)61(48-19-7-2-8-20-48)51-35-29-43(30-36-51)45-33-39-55-56-40-34-46(44-31-37-52(38-32-44)62(49-21-9-3-10-22-49)50-23-11-4-12-24-50)42-60(56)64-58-28-16-14-26-54(58)53-25-13-15-27-57(53)63-59(55)41-45/h1-3,5-11,13-21,23-42,49H,4,12,22H2. The van der Waals surface area contributed by atoms with Crippen molar-refractivity contribution in [1.29, 1.82) is 0 Å². The van der Waals surface area contributed by atoms with Gasteiger partial charge in [-0.2, -0.15) is 0 Å². The van der Waals surface area contributed by atoms with Crippen molar-refractivity contribution < 1.29 is 9.47 Å². The third-order valence-corrected chi connectivity index (χ3v) is 12.3. The van der Waals surface area contributed by atoms with Crippen molar-refractivity contribution in [2.45, 2.75) is 25.3 Å². The van der Waals surface area contributed by atoms with Crippen LogP contribution in [-0.4, -0.2) is 6.04 Å². The monoisotopic (exact) mass is 826 g/mol. The van der Waals surface area contributed by atoms with Crippen LogP contribution in [0.3, 0.4) is 0 Å². The summed E-state index contributed by atoms with van der Waals surface area (Å²) < 4.78 is 14.1. The number of fused-ring (bicyclic) bond motifs is 6. The largest absolute Gasteiger partial charge is 0.456 e. The highest BCUT2D eigenvalue weighted by molar-refractivity contribution is 5.86. The van der Waals surface area contributed by atoms with Crippen LogP contribution in [0.5, 0.6) is 23.0 Å². The lowest BCUT2D eigenvalue weighted by Crippen LogP contribution is -2.33. The molecule has 2 aliphatic carbocycles. The number of rotatable bonds is 8. The van der Waals surface area contributed by atoms with Gasteiger partial charge in [-0.15, -0.1) is 0 Å². The Morgan fingerprint density at radius 2 is 0.875 bits per heavy atom. The Kier molecular flexibility index (Phi) is 10.5. The zero-order chi connectivity index (χ0) is 42.7. The predicted octanol–water partition coefficient (Wildman–Crippen LogP) is 16.6. The minimum Gasteiger partial charge on any atom is -0.456 e. The average Bonchev–Trinajstić information content (AvgIpc) is 3.36. The van der Waals surface area contributed by atoms with Crippen LogP contribution in [0.2, 0.25) is 0 Å². The molecule has 0 saturated heterocycles. The number of nitrogens with zero attached hydrogens (tertiary/aromatic N) is 2. The molecule has 1 heterocycles. The number of allylic oxidation sites excluding steroid dienone is 5. The highest BCUT2D eigenvalue weighted by Crippen LogP contribution is 2.49. The van der Waals surface area contributed by atoms with Crippen LogP contribution in [0.4, 0.5) is 22.7 Å². The Hall–Kier alpha value is -8.08. The van der Waals surface area contributed by atoms with Crippen molar-refractivity contribution in [2.24, 2.45) is 0 Å². The summed E-state index contributed by atoms with van der Waals surface area (Å²) in [6.07, 6.45) is 18.9. The molecule has 1 atom stereocenters. The molecule has 3 aliphatic rings. The van der Waals surface area contributed by atoms with Crippen LogP contribution in [0.1, 0.15) is 19.3 Å². The molecule has 0 amide bonds. The van der Waals surface area contributed by atoms with Gasteiger partial charge in [0.25, 0.3) is 0 Å². The fourth-order valence-electron chi connectivity index (χ4n) is 9.10. The number of benzene rings is 8. The fraction of sp³-hybridized carbons (Fsp3) is 0.0667. The van der Waals surface area contributed by atoms with Crippen LogP contribution >= 0.6 is 0 Å².